The molecular formula is C14H11N5. The molecule has 0 radical (unpaired) electrons. The lowest BCUT2D eigenvalue weighted by molar-refractivity contribution is 1.21. The molecule has 0 saturated carbocycles. The molecule has 1 aromatic carbocycles. The van der Waals surface area contributed by atoms with Crippen LogP contribution in [-0.2, 0) is 0 Å². The number of rotatable bonds is 1. The summed E-state index contributed by atoms with van der Waals surface area (Å²) in [5, 5.41) is 1.98. The fraction of sp³-hybridized carbons (Fsp3) is 0. The van der Waals surface area contributed by atoms with E-state index in [4.69, 9.17) is 5.73 Å². The number of aromatic amines is 2. The van der Waals surface area contributed by atoms with E-state index in [1.54, 1.807) is 0 Å². The smallest absolute Gasteiger partial charge is 0.163 e. The summed E-state index contributed by atoms with van der Waals surface area (Å²) < 4.78 is 0. The average Bonchev–Trinajstić information content (AvgIpc) is 3.06. The molecule has 0 aliphatic heterocycles. The predicted molar refractivity (Wildman–Crippen MR) is 75.6 cm³/mol. The van der Waals surface area contributed by atoms with E-state index in [0.717, 1.165) is 27.5 Å². The minimum atomic E-state index is 0.496. The highest BCUT2D eigenvalue weighted by molar-refractivity contribution is 5.89. The molecule has 0 unspecified atom stereocenters. The summed E-state index contributed by atoms with van der Waals surface area (Å²) in [6, 6.07) is 9.96. The van der Waals surface area contributed by atoms with Crippen molar-refractivity contribution in [1.29, 1.82) is 0 Å². The van der Waals surface area contributed by atoms with Crippen LogP contribution in [0.3, 0.4) is 0 Å². The third kappa shape index (κ3) is 1.48. The molecule has 0 fully saturated rings. The molecule has 3 heterocycles. The SMILES string of the molecule is Nc1nc(-c2ccc3[nH]ccc3c2)nc2[nH]ccc12. The van der Waals surface area contributed by atoms with Crippen LogP contribution in [-0.4, -0.2) is 19.9 Å². The Balaban J connectivity index is 1.97. The molecule has 0 amide bonds. The highest BCUT2D eigenvalue weighted by atomic mass is 15.0. The number of nitrogens with one attached hydrogen (secondary N) is 2. The average molecular weight is 249 g/mol. The highest BCUT2D eigenvalue weighted by Gasteiger charge is 2.08. The zero-order chi connectivity index (χ0) is 12.8. The monoisotopic (exact) mass is 249 g/mol. The van der Waals surface area contributed by atoms with E-state index in [9.17, 15) is 0 Å². The van der Waals surface area contributed by atoms with Gasteiger partial charge in [-0.2, -0.15) is 0 Å². The molecule has 5 nitrogen and oxygen atoms in total. The van der Waals surface area contributed by atoms with E-state index < -0.39 is 0 Å². The number of hydrogen-bond acceptors (Lipinski definition) is 3. The number of nitrogens with zero attached hydrogens (tertiary/aromatic N) is 2. The number of fused-ring (bicyclic) bond motifs is 2. The van der Waals surface area contributed by atoms with Crippen LogP contribution < -0.4 is 5.73 Å². The Morgan fingerprint density at radius 1 is 0.947 bits per heavy atom. The Hall–Kier alpha value is -2.82. The molecule has 0 aliphatic rings. The first-order valence-corrected chi connectivity index (χ1v) is 5.99. The molecule has 0 aliphatic carbocycles. The van der Waals surface area contributed by atoms with Crippen molar-refractivity contribution in [2.45, 2.75) is 0 Å². The molecule has 0 spiro atoms. The molecule has 0 bridgehead atoms. The van der Waals surface area contributed by atoms with Crippen LogP contribution in [0.2, 0.25) is 0 Å². The van der Waals surface area contributed by atoms with Crippen molar-refractivity contribution >= 4 is 27.8 Å². The Morgan fingerprint density at radius 2 is 1.84 bits per heavy atom. The molecule has 0 saturated heterocycles. The highest BCUT2D eigenvalue weighted by Crippen LogP contribution is 2.24. The topological polar surface area (TPSA) is 83.4 Å². The molecular weight excluding hydrogens is 238 g/mol. The Bertz CT molecular complexity index is 887. The maximum atomic E-state index is 5.95. The van der Waals surface area contributed by atoms with Gasteiger partial charge >= 0.3 is 0 Å². The van der Waals surface area contributed by atoms with Crippen molar-refractivity contribution in [3.8, 4) is 11.4 Å². The van der Waals surface area contributed by atoms with Crippen LogP contribution >= 0.6 is 0 Å². The van der Waals surface area contributed by atoms with Gasteiger partial charge in [0.05, 0.1) is 5.39 Å². The first-order chi connectivity index (χ1) is 9.31. The minimum absolute atomic E-state index is 0.496. The van der Waals surface area contributed by atoms with Gasteiger partial charge in [0, 0.05) is 28.9 Å². The van der Waals surface area contributed by atoms with Crippen molar-refractivity contribution in [3.05, 3.63) is 42.7 Å². The normalized spacial score (nSPS) is 11.4. The fourth-order valence-corrected chi connectivity index (χ4v) is 2.29. The summed E-state index contributed by atoms with van der Waals surface area (Å²) in [5.74, 6) is 1.13. The molecule has 4 rings (SSSR count). The molecule has 92 valence electrons. The van der Waals surface area contributed by atoms with Gasteiger partial charge in [0.25, 0.3) is 0 Å². The summed E-state index contributed by atoms with van der Waals surface area (Å²) in [4.78, 5) is 15.1. The van der Waals surface area contributed by atoms with Crippen molar-refractivity contribution in [3.63, 3.8) is 0 Å². The summed E-state index contributed by atoms with van der Waals surface area (Å²) in [6.45, 7) is 0. The summed E-state index contributed by atoms with van der Waals surface area (Å²) in [6.07, 6.45) is 3.73. The fourth-order valence-electron chi connectivity index (χ4n) is 2.29. The molecule has 4 N–H and O–H groups in total. The van der Waals surface area contributed by atoms with E-state index in [1.807, 2.05) is 36.7 Å². The van der Waals surface area contributed by atoms with Crippen molar-refractivity contribution in [2.24, 2.45) is 0 Å². The largest absolute Gasteiger partial charge is 0.383 e. The van der Waals surface area contributed by atoms with E-state index in [2.05, 4.69) is 26.0 Å². The van der Waals surface area contributed by atoms with Crippen molar-refractivity contribution in [2.75, 3.05) is 5.73 Å². The van der Waals surface area contributed by atoms with Crippen LogP contribution in [0, 0.1) is 0 Å². The van der Waals surface area contributed by atoms with E-state index in [-0.39, 0.29) is 0 Å². The maximum Gasteiger partial charge on any atom is 0.163 e. The number of nitrogens with two attached hydrogens (primary N) is 1. The second-order valence-electron chi connectivity index (χ2n) is 4.45. The van der Waals surface area contributed by atoms with Crippen LogP contribution in [0.25, 0.3) is 33.3 Å². The third-order valence-corrected chi connectivity index (χ3v) is 3.26. The summed E-state index contributed by atoms with van der Waals surface area (Å²) in [7, 11) is 0. The standard InChI is InChI=1S/C14H11N5/c15-12-10-4-6-17-14(10)19-13(18-12)9-1-2-11-8(7-9)3-5-16-11/h1-7,16H,(H3,15,17,18,19). The molecule has 5 heteroatoms. The van der Waals surface area contributed by atoms with Gasteiger partial charge in [-0.1, -0.05) is 0 Å². The minimum Gasteiger partial charge on any atom is -0.383 e. The van der Waals surface area contributed by atoms with Crippen LogP contribution in [0.5, 0.6) is 0 Å². The Morgan fingerprint density at radius 3 is 2.79 bits per heavy atom. The van der Waals surface area contributed by atoms with Gasteiger partial charge < -0.3 is 15.7 Å². The number of benzene rings is 1. The van der Waals surface area contributed by atoms with Gasteiger partial charge in [-0.25, -0.2) is 9.97 Å². The van der Waals surface area contributed by atoms with Crippen LogP contribution in [0.1, 0.15) is 0 Å². The number of aromatic nitrogens is 4. The molecule has 0 atom stereocenters. The summed E-state index contributed by atoms with van der Waals surface area (Å²) >= 11 is 0. The first kappa shape index (κ1) is 10.1. The van der Waals surface area contributed by atoms with Gasteiger partial charge in [-0.15, -0.1) is 0 Å². The lowest BCUT2D eigenvalue weighted by atomic mass is 10.1. The number of hydrogen-bond donors (Lipinski definition) is 3. The quantitative estimate of drug-likeness (QED) is 0.485. The second-order valence-corrected chi connectivity index (χ2v) is 4.45. The Labute approximate surface area is 108 Å². The zero-order valence-corrected chi connectivity index (χ0v) is 10.0. The lowest BCUT2D eigenvalue weighted by Crippen LogP contribution is -1.96. The second kappa shape index (κ2) is 3.58. The van der Waals surface area contributed by atoms with Gasteiger partial charge in [-0.05, 0) is 30.3 Å². The number of anilines is 1. The number of nitrogen functional groups attached to an aromatic ring is 1. The zero-order valence-electron chi connectivity index (χ0n) is 10.0. The number of H-pyrrole nitrogens is 2. The van der Waals surface area contributed by atoms with Gasteiger partial charge in [0.15, 0.2) is 5.82 Å². The van der Waals surface area contributed by atoms with Gasteiger partial charge in [-0.3, -0.25) is 0 Å². The Kier molecular flexibility index (Phi) is 1.91. The van der Waals surface area contributed by atoms with Gasteiger partial charge in [0.2, 0.25) is 0 Å². The van der Waals surface area contributed by atoms with Crippen LogP contribution in [0.15, 0.2) is 42.7 Å². The summed E-state index contributed by atoms with van der Waals surface area (Å²) in [5.41, 5.74) is 8.76. The third-order valence-electron chi connectivity index (χ3n) is 3.26. The molecule has 3 aromatic heterocycles. The maximum absolute atomic E-state index is 5.95. The van der Waals surface area contributed by atoms with Crippen molar-refractivity contribution < 1.29 is 0 Å². The van der Waals surface area contributed by atoms with Gasteiger partial charge in [0.1, 0.15) is 11.5 Å². The first-order valence-electron chi connectivity index (χ1n) is 5.99. The van der Waals surface area contributed by atoms with E-state index in [1.165, 1.54) is 0 Å². The molecule has 19 heavy (non-hydrogen) atoms. The van der Waals surface area contributed by atoms with Crippen LogP contribution in [0.4, 0.5) is 5.82 Å². The molecule has 4 aromatic rings. The van der Waals surface area contributed by atoms with E-state index in [0.29, 0.717) is 11.6 Å². The van der Waals surface area contributed by atoms with Crippen molar-refractivity contribution in [1.82, 2.24) is 19.9 Å². The lowest BCUT2D eigenvalue weighted by Gasteiger charge is -2.03. The van der Waals surface area contributed by atoms with E-state index >= 15 is 0 Å². The predicted octanol–water partition coefficient (Wildman–Crippen LogP) is 2.69.